The summed E-state index contributed by atoms with van der Waals surface area (Å²) in [6, 6.07) is 13.8. The van der Waals surface area contributed by atoms with Crippen LogP contribution in [0.2, 0.25) is 0 Å². The minimum atomic E-state index is 0.115. The predicted octanol–water partition coefficient (Wildman–Crippen LogP) is 5.29. The Kier molecular flexibility index (Phi) is 6.87. The standard InChI is InChI=1S/C24H25BrN4O/c25-19-6-4-7-20(16-19)28-24-22-15-18(9-10-23(22)26-17-27-24)14-21(30)8-5-13-29-11-2-1-3-12-29/h4-10,15-17H,1-3,11-14H2,(H,26,27,28)/b8-5+. The van der Waals surface area contributed by atoms with Crippen LogP contribution in [0.1, 0.15) is 24.8 Å². The van der Waals surface area contributed by atoms with Crippen molar-refractivity contribution in [2.45, 2.75) is 25.7 Å². The van der Waals surface area contributed by atoms with Crippen LogP contribution in [0.3, 0.4) is 0 Å². The second-order valence-corrected chi connectivity index (χ2v) is 8.53. The summed E-state index contributed by atoms with van der Waals surface area (Å²) in [5.74, 6) is 0.845. The van der Waals surface area contributed by atoms with E-state index < -0.39 is 0 Å². The van der Waals surface area contributed by atoms with Gasteiger partial charge in [-0.1, -0.05) is 40.6 Å². The van der Waals surface area contributed by atoms with E-state index in [1.807, 2.05) is 48.5 Å². The zero-order chi connectivity index (χ0) is 20.8. The molecule has 2 heterocycles. The molecule has 4 rings (SSSR count). The van der Waals surface area contributed by atoms with E-state index in [2.05, 4.69) is 36.1 Å². The van der Waals surface area contributed by atoms with Gasteiger partial charge in [0.2, 0.25) is 0 Å². The molecule has 30 heavy (non-hydrogen) atoms. The topological polar surface area (TPSA) is 58.1 Å². The minimum absolute atomic E-state index is 0.115. The van der Waals surface area contributed by atoms with Gasteiger partial charge in [-0.3, -0.25) is 9.69 Å². The Balaban J connectivity index is 1.46. The van der Waals surface area contributed by atoms with E-state index in [1.165, 1.54) is 19.3 Å². The van der Waals surface area contributed by atoms with Crippen LogP contribution < -0.4 is 5.32 Å². The summed E-state index contributed by atoms with van der Waals surface area (Å²) >= 11 is 3.49. The summed E-state index contributed by atoms with van der Waals surface area (Å²) in [7, 11) is 0. The van der Waals surface area contributed by atoms with Crippen LogP contribution in [-0.4, -0.2) is 40.3 Å². The summed E-state index contributed by atoms with van der Waals surface area (Å²) in [5.41, 5.74) is 2.74. The van der Waals surface area contributed by atoms with Crippen LogP contribution in [0.15, 0.2) is 65.4 Å². The average Bonchev–Trinajstić information content (AvgIpc) is 2.75. The third-order valence-corrected chi connectivity index (χ3v) is 5.77. The zero-order valence-corrected chi connectivity index (χ0v) is 18.4. The fourth-order valence-corrected chi connectivity index (χ4v) is 4.15. The van der Waals surface area contributed by atoms with Crippen LogP contribution in [0, 0.1) is 0 Å². The van der Waals surface area contributed by atoms with Gasteiger partial charge in [-0.15, -0.1) is 0 Å². The maximum absolute atomic E-state index is 12.4. The largest absolute Gasteiger partial charge is 0.340 e. The Morgan fingerprint density at radius 2 is 1.97 bits per heavy atom. The summed E-state index contributed by atoms with van der Waals surface area (Å²) in [6.07, 6.45) is 9.49. The number of benzene rings is 2. The second kappa shape index (κ2) is 9.96. The van der Waals surface area contributed by atoms with Gasteiger partial charge in [0.25, 0.3) is 0 Å². The molecule has 0 bridgehead atoms. The molecule has 1 aliphatic heterocycles. The van der Waals surface area contributed by atoms with Crippen molar-refractivity contribution in [3.63, 3.8) is 0 Å². The number of ketones is 1. The number of anilines is 2. The number of piperidine rings is 1. The molecule has 154 valence electrons. The highest BCUT2D eigenvalue weighted by atomic mass is 79.9. The number of nitrogens with zero attached hydrogens (tertiary/aromatic N) is 3. The number of carbonyl (C=O) groups is 1. The van der Waals surface area contributed by atoms with Crippen molar-refractivity contribution >= 4 is 44.1 Å². The number of hydrogen-bond acceptors (Lipinski definition) is 5. The van der Waals surface area contributed by atoms with Gasteiger partial charge in [0.1, 0.15) is 12.1 Å². The molecule has 0 spiro atoms. The van der Waals surface area contributed by atoms with Crippen molar-refractivity contribution in [1.29, 1.82) is 0 Å². The highest BCUT2D eigenvalue weighted by Gasteiger charge is 2.09. The lowest BCUT2D eigenvalue weighted by Crippen LogP contribution is -2.29. The molecule has 0 radical (unpaired) electrons. The van der Waals surface area contributed by atoms with Crippen LogP contribution >= 0.6 is 15.9 Å². The van der Waals surface area contributed by atoms with E-state index >= 15 is 0 Å². The van der Waals surface area contributed by atoms with E-state index in [9.17, 15) is 4.79 Å². The first-order valence-corrected chi connectivity index (χ1v) is 11.1. The molecule has 1 aromatic heterocycles. The van der Waals surface area contributed by atoms with Gasteiger partial charge >= 0.3 is 0 Å². The van der Waals surface area contributed by atoms with Gasteiger partial charge < -0.3 is 5.32 Å². The van der Waals surface area contributed by atoms with Crippen molar-refractivity contribution < 1.29 is 4.79 Å². The Labute approximate surface area is 185 Å². The fourth-order valence-electron chi connectivity index (χ4n) is 3.75. The molecule has 5 nitrogen and oxygen atoms in total. The lowest BCUT2D eigenvalue weighted by molar-refractivity contribution is -0.114. The van der Waals surface area contributed by atoms with Crippen molar-refractivity contribution in [2.24, 2.45) is 0 Å². The molecular formula is C24H25BrN4O. The molecule has 0 saturated carbocycles. The summed E-state index contributed by atoms with van der Waals surface area (Å²) in [6.45, 7) is 3.13. The molecule has 1 aliphatic rings. The first-order valence-electron chi connectivity index (χ1n) is 10.4. The maximum Gasteiger partial charge on any atom is 0.159 e. The third kappa shape index (κ3) is 5.52. The molecule has 1 fully saturated rings. The molecule has 0 unspecified atom stereocenters. The Bertz CT molecular complexity index is 1060. The minimum Gasteiger partial charge on any atom is -0.340 e. The van der Waals surface area contributed by atoms with E-state index in [0.29, 0.717) is 6.42 Å². The van der Waals surface area contributed by atoms with Gasteiger partial charge in [0.15, 0.2) is 5.78 Å². The van der Waals surface area contributed by atoms with Gasteiger partial charge in [0.05, 0.1) is 5.52 Å². The van der Waals surface area contributed by atoms with Crippen LogP contribution in [0.25, 0.3) is 10.9 Å². The van der Waals surface area contributed by atoms with Crippen molar-refractivity contribution in [1.82, 2.24) is 14.9 Å². The molecular weight excluding hydrogens is 440 g/mol. The smallest absolute Gasteiger partial charge is 0.159 e. The number of likely N-dealkylation sites (tertiary alicyclic amines) is 1. The molecule has 1 saturated heterocycles. The summed E-state index contributed by atoms with van der Waals surface area (Å²) in [5, 5.41) is 4.26. The molecule has 1 N–H and O–H groups in total. The number of aromatic nitrogens is 2. The average molecular weight is 465 g/mol. The van der Waals surface area contributed by atoms with E-state index in [-0.39, 0.29) is 5.78 Å². The molecule has 6 heteroatoms. The lowest BCUT2D eigenvalue weighted by atomic mass is 10.1. The molecule has 0 amide bonds. The number of hydrogen-bond donors (Lipinski definition) is 1. The maximum atomic E-state index is 12.4. The third-order valence-electron chi connectivity index (χ3n) is 5.28. The van der Waals surface area contributed by atoms with Gasteiger partial charge in [0, 0.05) is 28.5 Å². The second-order valence-electron chi connectivity index (χ2n) is 7.62. The van der Waals surface area contributed by atoms with Crippen molar-refractivity contribution in [3.8, 4) is 0 Å². The monoisotopic (exact) mass is 464 g/mol. The first kappa shape index (κ1) is 20.7. The van der Waals surface area contributed by atoms with Gasteiger partial charge in [-0.2, -0.15) is 0 Å². The van der Waals surface area contributed by atoms with Crippen molar-refractivity contribution in [2.75, 3.05) is 25.0 Å². The molecule has 2 aromatic carbocycles. The number of nitrogens with one attached hydrogen (secondary N) is 1. The van der Waals surface area contributed by atoms with E-state index in [4.69, 9.17) is 0 Å². The predicted molar refractivity (Wildman–Crippen MR) is 125 cm³/mol. The Morgan fingerprint density at radius 3 is 2.80 bits per heavy atom. The van der Waals surface area contributed by atoms with Gasteiger partial charge in [-0.25, -0.2) is 9.97 Å². The van der Waals surface area contributed by atoms with Crippen molar-refractivity contribution in [3.05, 3.63) is 71.0 Å². The normalized spacial score (nSPS) is 15.0. The summed E-state index contributed by atoms with van der Waals surface area (Å²) in [4.78, 5) is 23.6. The van der Waals surface area contributed by atoms with E-state index in [0.717, 1.165) is 52.1 Å². The van der Waals surface area contributed by atoms with Crippen LogP contribution in [-0.2, 0) is 11.2 Å². The summed E-state index contributed by atoms with van der Waals surface area (Å²) < 4.78 is 0.994. The number of fused-ring (bicyclic) bond motifs is 1. The number of rotatable bonds is 7. The van der Waals surface area contributed by atoms with E-state index in [1.54, 1.807) is 12.4 Å². The SMILES string of the molecule is O=C(/C=C/CN1CCCCC1)Cc1ccc2ncnc(Nc3cccc(Br)c3)c2c1. The van der Waals surface area contributed by atoms with Crippen LogP contribution in [0.4, 0.5) is 11.5 Å². The van der Waals surface area contributed by atoms with Crippen LogP contribution in [0.5, 0.6) is 0 Å². The number of carbonyl (C=O) groups excluding carboxylic acids is 1. The molecule has 0 aliphatic carbocycles. The first-order chi connectivity index (χ1) is 14.7. The Morgan fingerprint density at radius 1 is 1.10 bits per heavy atom. The fraction of sp³-hybridized carbons (Fsp3) is 0.292. The molecule has 0 atom stereocenters. The zero-order valence-electron chi connectivity index (χ0n) is 16.9. The lowest BCUT2D eigenvalue weighted by Gasteiger charge is -2.24. The number of halogens is 1. The number of allylic oxidation sites excluding steroid dienone is 1. The van der Waals surface area contributed by atoms with Gasteiger partial charge in [-0.05, 0) is 67.9 Å². The highest BCUT2D eigenvalue weighted by molar-refractivity contribution is 9.10. The Hall–Kier alpha value is -2.57. The molecule has 3 aromatic rings. The quantitative estimate of drug-likeness (QED) is 0.481. The highest BCUT2D eigenvalue weighted by Crippen LogP contribution is 2.25.